The van der Waals surface area contributed by atoms with Crippen LogP contribution in [0.4, 0.5) is 5.69 Å². The van der Waals surface area contributed by atoms with Crippen molar-refractivity contribution in [2.75, 3.05) is 70.6 Å². The van der Waals surface area contributed by atoms with Gasteiger partial charge >= 0.3 is 0 Å². The van der Waals surface area contributed by atoms with E-state index < -0.39 is 0 Å². The van der Waals surface area contributed by atoms with Gasteiger partial charge in [-0.1, -0.05) is 18.2 Å². The summed E-state index contributed by atoms with van der Waals surface area (Å²) < 4.78 is 11.1. The lowest BCUT2D eigenvalue weighted by Crippen LogP contribution is -2.60. The number of carbonyl (C=O) groups is 3. The van der Waals surface area contributed by atoms with Gasteiger partial charge in [-0.25, -0.2) is 10.4 Å². The number of carbonyl (C=O) groups excluding carboxylic acids is 3. The van der Waals surface area contributed by atoms with Crippen LogP contribution in [0.15, 0.2) is 30.3 Å². The van der Waals surface area contributed by atoms with Gasteiger partial charge in [0.15, 0.2) is 0 Å². The Morgan fingerprint density at radius 1 is 1.08 bits per heavy atom. The molecule has 0 spiro atoms. The Morgan fingerprint density at radius 2 is 1.83 bits per heavy atom. The minimum atomic E-state index is -0.353. The lowest BCUT2D eigenvalue weighted by atomic mass is 9.83. The van der Waals surface area contributed by atoms with Gasteiger partial charge in [-0.15, -0.1) is 0 Å². The zero-order valence-electron chi connectivity index (χ0n) is 21.0. The highest BCUT2D eigenvalue weighted by molar-refractivity contribution is 5.98. The molecular formula is C26H37N5O5. The molecule has 4 aliphatic rings. The molecule has 1 aromatic carbocycles. The van der Waals surface area contributed by atoms with Crippen LogP contribution in [0.25, 0.3) is 0 Å². The van der Waals surface area contributed by atoms with Gasteiger partial charge in [-0.3, -0.25) is 19.3 Å². The lowest BCUT2D eigenvalue weighted by molar-refractivity contribution is -0.146. The minimum absolute atomic E-state index is 0.00683. The summed E-state index contributed by atoms with van der Waals surface area (Å²) in [5.41, 5.74) is 4.18. The van der Waals surface area contributed by atoms with Crippen LogP contribution in [-0.4, -0.2) is 110 Å². The predicted molar refractivity (Wildman–Crippen MR) is 133 cm³/mol. The number of rotatable bonds is 7. The summed E-state index contributed by atoms with van der Waals surface area (Å²) in [5, 5.41) is 1.62. The molecule has 0 saturated carbocycles. The first-order chi connectivity index (χ1) is 17.5. The highest BCUT2D eigenvalue weighted by Crippen LogP contribution is 2.33. The Morgan fingerprint density at radius 3 is 2.53 bits per heavy atom. The molecule has 4 saturated heterocycles. The molecule has 0 aliphatic carbocycles. The predicted octanol–water partition coefficient (Wildman–Crippen LogP) is 0.341. The fourth-order valence-electron chi connectivity index (χ4n) is 5.86. The van der Waals surface area contributed by atoms with E-state index in [-0.39, 0.29) is 48.3 Å². The summed E-state index contributed by atoms with van der Waals surface area (Å²) in [6, 6.07) is 9.29. The molecule has 36 heavy (non-hydrogen) atoms. The number of hydrogen-bond acceptors (Lipinski definition) is 7. The third-order valence-corrected chi connectivity index (χ3v) is 7.78. The summed E-state index contributed by atoms with van der Waals surface area (Å²) in [4.78, 5) is 45.5. The maximum absolute atomic E-state index is 13.8. The molecule has 0 radical (unpaired) electrons. The van der Waals surface area contributed by atoms with Crippen LogP contribution in [0, 0.1) is 11.8 Å². The second kappa shape index (κ2) is 11.2. The number of amides is 3. The number of nitrogens with one attached hydrogen (secondary N) is 1. The van der Waals surface area contributed by atoms with Crippen molar-refractivity contribution < 1.29 is 23.9 Å². The van der Waals surface area contributed by atoms with Crippen LogP contribution < -0.4 is 10.4 Å². The fraction of sp³-hybridized carbons (Fsp3) is 0.654. The average Bonchev–Trinajstić information content (AvgIpc) is 3.55. The number of likely N-dealkylation sites (tertiary alicyclic amines) is 1. The number of anilines is 1. The van der Waals surface area contributed by atoms with Gasteiger partial charge in [0.05, 0.1) is 29.7 Å². The van der Waals surface area contributed by atoms with E-state index >= 15 is 0 Å². The normalized spacial score (nSPS) is 29.0. The number of piperidine rings is 1. The molecular weight excluding hydrogens is 462 g/mol. The van der Waals surface area contributed by atoms with Crippen molar-refractivity contribution >= 4 is 23.4 Å². The lowest BCUT2D eigenvalue weighted by Gasteiger charge is -2.42. The summed E-state index contributed by atoms with van der Waals surface area (Å²) in [6.45, 7) is 7.16. The Hall–Kier alpha value is -2.53. The fourth-order valence-corrected chi connectivity index (χ4v) is 5.86. The maximum atomic E-state index is 13.8. The molecule has 10 heteroatoms. The van der Waals surface area contributed by atoms with E-state index in [0.717, 1.165) is 31.7 Å². The van der Waals surface area contributed by atoms with Crippen LogP contribution in [0.3, 0.4) is 0 Å². The molecule has 4 fully saturated rings. The number of ether oxygens (including phenoxy) is 2. The topological polar surface area (TPSA) is 94.7 Å². The Kier molecular flexibility index (Phi) is 7.85. The number of fused-ring (bicyclic) bond motifs is 1. The Bertz CT molecular complexity index is 932. The van der Waals surface area contributed by atoms with Crippen molar-refractivity contribution in [3.05, 3.63) is 30.3 Å². The van der Waals surface area contributed by atoms with Crippen molar-refractivity contribution in [2.24, 2.45) is 11.8 Å². The number of hydrogen-bond donors (Lipinski definition) is 1. The van der Waals surface area contributed by atoms with Crippen LogP contribution in [0.2, 0.25) is 0 Å². The van der Waals surface area contributed by atoms with Crippen LogP contribution in [-0.2, 0) is 23.9 Å². The van der Waals surface area contributed by atoms with Crippen LogP contribution in [0.5, 0.6) is 0 Å². The molecule has 1 aromatic rings. The van der Waals surface area contributed by atoms with Gasteiger partial charge in [0, 0.05) is 59.0 Å². The third-order valence-electron chi connectivity index (χ3n) is 7.78. The molecule has 1 N–H and O–H groups in total. The zero-order valence-corrected chi connectivity index (χ0v) is 21.0. The van der Waals surface area contributed by atoms with Crippen LogP contribution in [0.1, 0.15) is 19.8 Å². The van der Waals surface area contributed by atoms with Gasteiger partial charge in [0.1, 0.15) is 6.61 Å². The third kappa shape index (κ3) is 5.27. The quantitative estimate of drug-likeness (QED) is 0.578. The smallest absolute Gasteiger partial charge is 0.248 e. The SMILES string of the molecule is CCOCC(=O)N1CCN(C(=O)C2CN(CC3CCCO3)CC3C(=O)N(c4ccccc4)NC23)CC1. The second-order valence-corrected chi connectivity index (χ2v) is 10.1. The number of hydrazine groups is 1. The highest BCUT2D eigenvalue weighted by atomic mass is 16.5. The number of nitrogens with zero attached hydrogens (tertiary/aromatic N) is 4. The van der Waals surface area contributed by atoms with Gasteiger partial charge in [-0.05, 0) is 31.9 Å². The molecule has 4 atom stereocenters. The van der Waals surface area contributed by atoms with Crippen molar-refractivity contribution in [3.8, 4) is 0 Å². The first-order valence-electron chi connectivity index (χ1n) is 13.2. The van der Waals surface area contributed by atoms with Crippen LogP contribution >= 0.6 is 0 Å². The second-order valence-electron chi connectivity index (χ2n) is 10.1. The molecule has 3 amide bonds. The summed E-state index contributed by atoms with van der Waals surface area (Å²) in [5.74, 6) is -0.635. The van der Waals surface area contributed by atoms with Crippen molar-refractivity contribution in [3.63, 3.8) is 0 Å². The number of para-hydroxylation sites is 1. The van der Waals surface area contributed by atoms with Gasteiger partial charge < -0.3 is 19.3 Å². The number of piperazine rings is 1. The molecule has 0 bridgehead atoms. The molecule has 196 valence electrons. The van der Waals surface area contributed by atoms with E-state index in [1.54, 1.807) is 9.91 Å². The van der Waals surface area contributed by atoms with E-state index in [4.69, 9.17) is 9.47 Å². The van der Waals surface area contributed by atoms with E-state index in [9.17, 15) is 14.4 Å². The van der Waals surface area contributed by atoms with Crippen molar-refractivity contribution in [1.82, 2.24) is 20.1 Å². The molecule has 10 nitrogen and oxygen atoms in total. The van der Waals surface area contributed by atoms with E-state index in [0.29, 0.717) is 45.9 Å². The average molecular weight is 500 g/mol. The minimum Gasteiger partial charge on any atom is -0.377 e. The monoisotopic (exact) mass is 499 g/mol. The number of benzene rings is 1. The van der Waals surface area contributed by atoms with E-state index in [1.165, 1.54) is 0 Å². The molecule has 0 aromatic heterocycles. The van der Waals surface area contributed by atoms with Crippen molar-refractivity contribution in [1.29, 1.82) is 0 Å². The summed E-state index contributed by atoms with van der Waals surface area (Å²) >= 11 is 0. The van der Waals surface area contributed by atoms with E-state index in [2.05, 4.69) is 10.3 Å². The highest BCUT2D eigenvalue weighted by Gasteiger charge is 2.52. The van der Waals surface area contributed by atoms with Gasteiger partial charge in [0.25, 0.3) is 0 Å². The molecule has 4 aliphatic heterocycles. The van der Waals surface area contributed by atoms with E-state index in [1.807, 2.05) is 42.2 Å². The first kappa shape index (κ1) is 25.1. The summed E-state index contributed by atoms with van der Waals surface area (Å²) in [6.07, 6.45) is 2.23. The Balaban J connectivity index is 1.29. The standard InChI is InChI=1S/C26H37N5O5/c1-2-35-18-23(32)29-10-12-30(13-11-29)25(33)21-16-28(15-20-9-6-14-36-20)17-22-24(21)27-31(26(22)34)19-7-4-3-5-8-19/h3-5,7-8,20-22,24,27H,2,6,9-18H2,1H3. The van der Waals surface area contributed by atoms with Crippen molar-refractivity contribution in [2.45, 2.75) is 31.9 Å². The van der Waals surface area contributed by atoms with Gasteiger partial charge in [0.2, 0.25) is 17.7 Å². The molecule has 5 rings (SSSR count). The largest absolute Gasteiger partial charge is 0.377 e. The first-order valence-corrected chi connectivity index (χ1v) is 13.2. The molecule has 4 unspecified atom stereocenters. The Labute approximate surface area is 212 Å². The zero-order chi connectivity index (χ0) is 25.1. The molecule has 4 heterocycles. The maximum Gasteiger partial charge on any atom is 0.248 e. The summed E-state index contributed by atoms with van der Waals surface area (Å²) in [7, 11) is 0. The van der Waals surface area contributed by atoms with Gasteiger partial charge in [-0.2, -0.15) is 0 Å².